The van der Waals surface area contributed by atoms with E-state index in [0.29, 0.717) is 57.0 Å². The van der Waals surface area contributed by atoms with Crippen molar-refractivity contribution in [2.75, 3.05) is 27.9 Å². The van der Waals surface area contributed by atoms with Crippen molar-refractivity contribution in [2.24, 2.45) is 5.73 Å². The van der Waals surface area contributed by atoms with Crippen LogP contribution in [0.4, 0.5) is 0 Å². The van der Waals surface area contributed by atoms with Gasteiger partial charge in [0.05, 0.1) is 44.7 Å². The summed E-state index contributed by atoms with van der Waals surface area (Å²) in [6, 6.07) is 17.1. The van der Waals surface area contributed by atoms with Gasteiger partial charge in [0.1, 0.15) is 0 Å². The van der Waals surface area contributed by atoms with Crippen molar-refractivity contribution in [3.63, 3.8) is 0 Å². The highest BCUT2D eigenvalue weighted by molar-refractivity contribution is 6.08. The van der Waals surface area contributed by atoms with E-state index in [1.165, 1.54) is 7.11 Å². The molecule has 3 aromatic carbocycles. The van der Waals surface area contributed by atoms with Gasteiger partial charge in [-0.1, -0.05) is 36.4 Å². The molecule has 8 heteroatoms. The molecular weight excluding hydrogens is 494 g/mol. The number of hydrogen-bond acceptors (Lipinski definition) is 6. The molecule has 0 spiro atoms. The van der Waals surface area contributed by atoms with Gasteiger partial charge in [-0.25, -0.2) is 4.98 Å². The fourth-order valence-electron chi connectivity index (χ4n) is 5.38. The van der Waals surface area contributed by atoms with Crippen LogP contribution in [0.3, 0.4) is 0 Å². The number of aliphatic hydroxyl groups is 1. The fraction of sp³-hybridized carbons (Fsp3) is 0.226. The van der Waals surface area contributed by atoms with Crippen molar-refractivity contribution < 1.29 is 24.1 Å². The van der Waals surface area contributed by atoms with Gasteiger partial charge in [0, 0.05) is 34.0 Å². The van der Waals surface area contributed by atoms with Crippen LogP contribution in [-0.4, -0.2) is 48.9 Å². The van der Waals surface area contributed by atoms with Crippen molar-refractivity contribution >= 4 is 27.7 Å². The summed E-state index contributed by atoms with van der Waals surface area (Å²) >= 11 is 0. The summed E-state index contributed by atoms with van der Waals surface area (Å²) in [6.45, 7) is 1.82. The van der Waals surface area contributed by atoms with Gasteiger partial charge < -0.3 is 30.0 Å². The lowest BCUT2D eigenvalue weighted by Crippen LogP contribution is -2.21. The van der Waals surface area contributed by atoms with Gasteiger partial charge in [0.2, 0.25) is 11.7 Å². The molecule has 5 rings (SSSR count). The van der Waals surface area contributed by atoms with E-state index >= 15 is 0 Å². The molecule has 1 atom stereocenters. The number of benzene rings is 3. The largest absolute Gasteiger partial charge is 0.493 e. The number of ether oxygens (including phenoxy) is 3. The zero-order chi connectivity index (χ0) is 27.7. The number of fused-ring (bicyclic) bond motifs is 2. The maximum absolute atomic E-state index is 13.1. The number of nitrogens with two attached hydrogens (primary N) is 1. The molecule has 0 aliphatic heterocycles. The number of rotatable bonds is 9. The van der Waals surface area contributed by atoms with Gasteiger partial charge >= 0.3 is 0 Å². The fourth-order valence-corrected chi connectivity index (χ4v) is 5.38. The minimum absolute atomic E-state index is 0.226. The number of aromatic amines is 1. The lowest BCUT2D eigenvalue weighted by Gasteiger charge is -2.23. The molecule has 0 radical (unpaired) electrons. The first-order valence-corrected chi connectivity index (χ1v) is 12.6. The van der Waals surface area contributed by atoms with Crippen molar-refractivity contribution in [1.82, 2.24) is 9.97 Å². The van der Waals surface area contributed by atoms with Crippen molar-refractivity contribution in [3.8, 4) is 28.5 Å². The van der Waals surface area contributed by atoms with Crippen LogP contribution < -0.4 is 19.9 Å². The third-order valence-electron chi connectivity index (χ3n) is 7.22. The summed E-state index contributed by atoms with van der Waals surface area (Å²) in [6.07, 6.45) is 2.41. The predicted octanol–water partition coefficient (Wildman–Crippen LogP) is 5.13. The monoisotopic (exact) mass is 525 g/mol. The summed E-state index contributed by atoms with van der Waals surface area (Å²) in [4.78, 5) is 21.4. The Balaban J connectivity index is 1.80. The van der Waals surface area contributed by atoms with Crippen molar-refractivity contribution in [3.05, 3.63) is 83.0 Å². The minimum atomic E-state index is -0.592. The summed E-state index contributed by atoms with van der Waals surface area (Å²) in [5, 5.41) is 12.5. The Labute approximate surface area is 226 Å². The topological polar surface area (TPSA) is 120 Å². The standard InChI is InChI=1S/C31H31N3O5/c1-17-8-7-10-21-19(15-33-28(17)21)12-20(16-35)26-27(31(32)36)22-9-5-6-11-23(22)34-29(26)18-13-24(37-2)30(39-4)25(14-18)38-3/h5-11,13-15,20,33,35H,12,16H2,1-4H3,(H2,32,36). The Hall–Kier alpha value is -4.56. The third kappa shape index (κ3) is 4.53. The van der Waals surface area contributed by atoms with Crippen molar-refractivity contribution in [1.29, 1.82) is 0 Å². The van der Waals surface area contributed by atoms with Gasteiger partial charge in [0.15, 0.2) is 11.5 Å². The molecule has 0 aliphatic carbocycles. The number of nitrogens with zero attached hydrogens (tertiary/aromatic N) is 1. The van der Waals surface area contributed by atoms with Gasteiger partial charge in [0.25, 0.3) is 0 Å². The first-order chi connectivity index (χ1) is 18.9. The average molecular weight is 526 g/mol. The van der Waals surface area contributed by atoms with Crippen LogP contribution in [-0.2, 0) is 6.42 Å². The second kappa shape index (κ2) is 10.7. The zero-order valence-electron chi connectivity index (χ0n) is 22.4. The maximum Gasteiger partial charge on any atom is 0.249 e. The molecule has 4 N–H and O–H groups in total. The highest BCUT2D eigenvalue weighted by Crippen LogP contribution is 2.44. The average Bonchev–Trinajstić information content (AvgIpc) is 3.37. The molecule has 200 valence electrons. The molecule has 0 fully saturated rings. The van der Waals surface area contributed by atoms with Crippen LogP contribution in [0.25, 0.3) is 33.1 Å². The Kier molecular flexibility index (Phi) is 7.13. The first-order valence-electron chi connectivity index (χ1n) is 12.6. The number of amides is 1. The van der Waals surface area contributed by atoms with E-state index < -0.39 is 11.8 Å². The summed E-state index contributed by atoms with van der Waals surface area (Å²) in [7, 11) is 4.62. The molecule has 1 amide bonds. The van der Waals surface area contributed by atoms with E-state index in [0.717, 1.165) is 22.0 Å². The van der Waals surface area contributed by atoms with Crippen molar-refractivity contribution in [2.45, 2.75) is 19.3 Å². The van der Waals surface area contributed by atoms with Gasteiger partial charge in [-0.3, -0.25) is 4.79 Å². The molecule has 2 heterocycles. The number of H-pyrrole nitrogens is 1. The molecule has 2 aromatic heterocycles. The van der Waals surface area contributed by atoms with E-state index in [2.05, 4.69) is 11.1 Å². The molecular formula is C31H31N3O5. The number of aromatic nitrogens is 2. The number of methoxy groups -OCH3 is 3. The molecule has 39 heavy (non-hydrogen) atoms. The Morgan fingerprint density at radius 1 is 1.00 bits per heavy atom. The molecule has 5 aromatic rings. The Morgan fingerprint density at radius 2 is 1.69 bits per heavy atom. The van der Waals surface area contributed by atoms with Crippen LogP contribution in [0, 0.1) is 6.92 Å². The lowest BCUT2D eigenvalue weighted by molar-refractivity contribution is 0.1000. The molecule has 1 unspecified atom stereocenters. The van der Waals surface area contributed by atoms with E-state index in [9.17, 15) is 9.90 Å². The third-order valence-corrected chi connectivity index (χ3v) is 7.22. The Morgan fingerprint density at radius 3 is 2.33 bits per heavy atom. The number of hydrogen-bond donors (Lipinski definition) is 3. The lowest BCUT2D eigenvalue weighted by atomic mass is 9.84. The van der Waals surface area contributed by atoms with Crippen LogP contribution in [0.1, 0.15) is 33.0 Å². The van der Waals surface area contributed by atoms with Gasteiger partial charge in [-0.15, -0.1) is 0 Å². The quantitative estimate of drug-likeness (QED) is 0.245. The normalized spacial score (nSPS) is 12.0. The second-order valence-corrected chi connectivity index (χ2v) is 9.44. The number of pyridine rings is 1. The van der Waals surface area contributed by atoms with Crippen LogP contribution in [0.15, 0.2) is 60.8 Å². The highest BCUT2D eigenvalue weighted by Gasteiger charge is 2.28. The van der Waals surface area contributed by atoms with E-state index in [1.54, 1.807) is 26.4 Å². The van der Waals surface area contributed by atoms with E-state index in [4.69, 9.17) is 24.9 Å². The summed E-state index contributed by atoms with van der Waals surface area (Å²) in [5.41, 5.74) is 11.9. The number of carbonyl (C=O) groups excluding carboxylic acids is 1. The molecule has 0 bridgehead atoms. The van der Waals surface area contributed by atoms with Crippen LogP contribution in [0.5, 0.6) is 17.2 Å². The predicted molar refractivity (Wildman–Crippen MR) is 152 cm³/mol. The maximum atomic E-state index is 13.1. The van der Waals surface area contributed by atoms with Gasteiger partial charge in [-0.2, -0.15) is 0 Å². The minimum Gasteiger partial charge on any atom is -0.493 e. The SMILES string of the molecule is COc1cc(-c2nc3ccccc3c(C(N)=O)c2C(CO)Cc2c[nH]c3c(C)cccc23)cc(OC)c1OC. The number of para-hydroxylation sites is 2. The molecule has 0 aliphatic rings. The van der Waals surface area contributed by atoms with Crippen LogP contribution in [0.2, 0.25) is 0 Å². The number of nitrogens with one attached hydrogen (secondary N) is 1. The second-order valence-electron chi connectivity index (χ2n) is 9.44. The van der Waals surface area contributed by atoms with Crippen LogP contribution >= 0.6 is 0 Å². The number of carbonyl (C=O) groups is 1. The summed E-state index contributed by atoms with van der Waals surface area (Å²) in [5.74, 6) is 0.250. The molecule has 8 nitrogen and oxygen atoms in total. The molecule has 0 saturated carbocycles. The first kappa shape index (κ1) is 26.1. The zero-order valence-corrected chi connectivity index (χ0v) is 22.4. The molecule has 0 saturated heterocycles. The summed E-state index contributed by atoms with van der Waals surface area (Å²) < 4.78 is 16.7. The smallest absolute Gasteiger partial charge is 0.249 e. The number of primary amides is 1. The number of aliphatic hydroxyl groups excluding tert-OH is 1. The highest BCUT2D eigenvalue weighted by atomic mass is 16.5. The Bertz CT molecular complexity index is 1670. The van der Waals surface area contributed by atoms with E-state index in [1.807, 2.05) is 49.5 Å². The number of aryl methyl sites for hydroxylation is 1. The van der Waals surface area contributed by atoms with Gasteiger partial charge in [-0.05, 0) is 48.2 Å². The van der Waals surface area contributed by atoms with E-state index in [-0.39, 0.29) is 6.61 Å².